The summed E-state index contributed by atoms with van der Waals surface area (Å²) in [6.45, 7) is 0.307. The molecule has 0 atom stereocenters. The number of carbonyl (C=O) groups is 1. The van der Waals surface area contributed by atoms with E-state index in [-0.39, 0.29) is 24.2 Å². The first-order valence-corrected chi connectivity index (χ1v) is 8.26. The second-order valence-electron chi connectivity index (χ2n) is 6.10. The number of amides is 1. The van der Waals surface area contributed by atoms with Crippen molar-refractivity contribution in [1.29, 1.82) is 0 Å². The number of nitrogens with zero attached hydrogens (tertiary/aromatic N) is 3. The minimum Gasteiger partial charge on any atom is -0.461 e. The predicted molar refractivity (Wildman–Crippen MR) is 90.7 cm³/mol. The first-order chi connectivity index (χ1) is 12.2. The molecule has 128 valence electrons. The van der Waals surface area contributed by atoms with Gasteiger partial charge in [0.2, 0.25) is 11.7 Å². The van der Waals surface area contributed by atoms with Crippen molar-refractivity contribution in [3.63, 3.8) is 0 Å². The maximum absolute atomic E-state index is 12.6. The Hall–Kier alpha value is -3.09. The van der Waals surface area contributed by atoms with E-state index in [1.165, 1.54) is 4.68 Å². The van der Waals surface area contributed by atoms with Gasteiger partial charge in [-0.1, -0.05) is 30.3 Å². The van der Waals surface area contributed by atoms with Gasteiger partial charge in [0.05, 0.1) is 6.26 Å². The predicted octanol–water partition coefficient (Wildman–Crippen LogP) is 1.96. The lowest BCUT2D eigenvalue weighted by Gasteiger charge is -2.04. The van der Waals surface area contributed by atoms with E-state index >= 15 is 0 Å². The van der Waals surface area contributed by atoms with Gasteiger partial charge in [0.1, 0.15) is 6.54 Å². The Morgan fingerprint density at radius 2 is 2.00 bits per heavy atom. The number of hydrogen-bond donors (Lipinski definition) is 1. The van der Waals surface area contributed by atoms with Crippen molar-refractivity contribution in [1.82, 2.24) is 19.7 Å². The second-order valence-corrected chi connectivity index (χ2v) is 6.10. The van der Waals surface area contributed by atoms with E-state index in [4.69, 9.17) is 4.42 Å². The molecule has 0 aliphatic heterocycles. The van der Waals surface area contributed by atoms with Crippen LogP contribution in [0.4, 0.5) is 0 Å². The Labute approximate surface area is 143 Å². The van der Waals surface area contributed by atoms with Crippen molar-refractivity contribution in [3.8, 4) is 11.6 Å². The van der Waals surface area contributed by atoms with Gasteiger partial charge in [-0.25, -0.2) is 9.48 Å². The summed E-state index contributed by atoms with van der Waals surface area (Å²) in [5.74, 6) is 0.762. The smallest absolute Gasteiger partial charge is 0.347 e. The van der Waals surface area contributed by atoms with Crippen LogP contribution in [0.2, 0.25) is 0 Å². The molecule has 0 radical (unpaired) electrons. The van der Waals surface area contributed by atoms with Crippen molar-refractivity contribution in [3.05, 3.63) is 64.8 Å². The van der Waals surface area contributed by atoms with Gasteiger partial charge in [-0.2, -0.15) is 0 Å². The fourth-order valence-corrected chi connectivity index (χ4v) is 2.75. The minimum atomic E-state index is -0.274. The molecule has 2 heterocycles. The molecule has 1 saturated carbocycles. The molecule has 4 rings (SSSR count). The lowest BCUT2D eigenvalue weighted by Crippen LogP contribution is -2.33. The molecule has 1 aromatic carbocycles. The second kappa shape index (κ2) is 6.43. The van der Waals surface area contributed by atoms with Gasteiger partial charge in [-0.15, -0.1) is 5.10 Å². The number of carbonyl (C=O) groups excluding carboxylic acids is 1. The van der Waals surface area contributed by atoms with Gasteiger partial charge in [0, 0.05) is 12.6 Å². The standard InChI is InChI=1S/C18H18N4O3/c23-16(19-11-13-5-2-1-3-6-13)12-21-18(24)22(14-8-9-14)17(20-21)15-7-4-10-25-15/h1-7,10,14H,8-9,11-12H2,(H,19,23). The van der Waals surface area contributed by atoms with E-state index in [2.05, 4.69) is 10.4 Å². The van der Waals surface area contributed by atoms with Gasteiger partial charge < -0.3 is 9.73 Å². The monoisotopic (exact) mass is 338 g/mol. The summed E-state index contributed by atoms with van der Waals surface area (Å²) >= 11 is 0. The molecule has 0 spiro atoms. The third kappa shape index (κ3) is 3.26. The van der Waals surface area contributed by atoms with Crippen LogP contribution in [0.15, 0.2) is 57.9 Å². The first-order valence-electron chi connectivity index (χ1n) is 8.26. The van der Waals surface area contributed by atoms with E-state index in [1.54, 1.807) is 23.0 Å². The first kappa shape index (κ1) is 15.4. The maximum atomic E-state index is 12.6. The fourth-order valence-electron chi connectivity index (χ4n) is 2.75. The van der Waals surface area contributed by atoms with Gasteiger partial charge in [0.15, 0.2) is 5.76 Å². The zero-order valence-corrected chi connectivity index (χ0v) is 13.6. The van der Waals surface area contributed by atoms with Crippen molar-refractivity contribution in [2.24, 2.45) is 0 Å². The van der Waals surface area contributed by atoms with Gasteiger partial charge in [-0.3, -0.25) is 9.36 Å². The summed E-state index contributed by atoms with van der Waals surface area (Å²) in [5.41, 5.74) is 0.728. The number of aromatic nitrogens is 3. The van der Waals surface area contributed by atoms with Crippen LogP contribution in [0.5, 0.6) is 0 Å². The molecule has 7 nitrogen and oxygen atoms in total. The minimum absolute atomic E-state index is 0.112. The summed E-state index contributed by atoms with van der Waals surface area (Å²) in [6, 6.07) is 13.3. The number of rotatable bonds is 6. The van der Waals surface area contributed by atoms with Crippen molar-refractivity contribution in [2.75, 3.05) is 0 Å². The summed E-state index contributed by atoms with van der Waals surface area (Å²) in [5, 5.41) is 7.13. The zero-order valence-electron chi connectivity index (χ0n) is 13.6. The number of benzene rings is 1. The van der Waals surface area contributed by atoms with Gasteiger partial charge >= 0.3 is 5.69 Å². The molecule has 1 amide bonds. The van der Waals surface area contributed by atoms with E-state index in [1.807, 2.05) is 30.3 Å². The molecule has 25 heavy (non-hydrogen) atoms. The van der Waals surface area contributed by atoms with Crippen LogP contribution in [0.1, 0.15) is 24.4 Å². The summed E-state index contributed by atoms with van der Waals surface area (Å²) < 4.78 is 8.21. The van der Waals surface area contributed by atoms with Gasteiger partial charge in [0.25, 0.3) is 0 Å². The highest BCUT2D eigenvalue weighted by atomic mass is 16.3. The molecule has 3 aromatic rings. The quantitative estimate of drug-likeness (QED) is 0.745. The summed E-state index contributed by atoms with van der Waals surface area (Å²) in [6.07, 6.45) is 3.43. The molecule has 7 heteroatoms. The zero-order chi connectivity index (χ0) is 17.2. The lowest BCUT2D eigenvalue weighted by atomic mass is 10.2. The lowest BCUT2D eigenvalue weighted by molar-refractivity contribution is -0.122. The van der Waals surface area contributed by atoms with Crippen molar-refractivity contribution < 1.29 is 9.21 Å². The van der Waals surface area contributed by atoms with Crippen LogP contribution in [0, 0.1) is 0 Å². The highest BCUT2D eigenvalue weighted by molar-refractivity contribution is 5.75. The van der Waals surface area contributed by atoms with E-state index in [0.29, 0.717) is 18.1 Å². The normalized spacial score (nSPS) is 13.8. The average molecular weight is 338 g/mol. The Morgan fingerprint density at radius 3 is 2.68 bits per heavy atom. The number of nitrogens with one attached hydrogen (secondary N) is 1. The number of furan rings is 1. The molecule has 0 unspecified atom stereocenters. The largest absolute Gasteiger partial charge is 0.461 e. The molecule has 0 bridgehead atoms. The van der Waals surface area contributed by atoms with Crippen molar-refractivity contribution in [2.45, 2.75) is 32.0 Å². The third-order valence-electron chi connectivity index (χ3n) is 4.15. The van der Waals surface area contributed by atoms with Crippen LogP contribution in [-0.4, -0.2) is 20.3 Å². The molecule has 1 N–H and O–H groups in total. The van der Waals surface area contributed by atoms with Crippen LogP contribution in [-0.2, 0) is 17.9 Å². The summed E-state index contributed by atoms with van der Waals surface area (Å²) in [7, 11) is 0. The molecular weight excluding hydrogens is 320 g/mol. The Balaban J connectivity index is 1.51. The Kier molecular flexibility index (Phi) is 3.97. The maximum Gasteiger partial charge on any atom is 0.347 e. The molecule has 2 aromatic heterocycles. The SMILES string of the molecule is O=C(Cn1nc(-c2ccco2)n(C2CC2)c1=O)NCc1ccccc1. The molecular formula is C18H18N4O3. The Morgan fingerprint density at radius 1 is 1.20 bits per heavy atom. The molecule has 0 saturated heterocycles. The molecule has 1 aliphatic carbocycles. The van der Waals surface area contributed by atoms with E-state index in [0.717, 1.165) is 18.4 Å². The van der Waals surface area contributed by atoms with Crippen LogP contribution < -0.4 is 11.0 Å². The van der Waals surface area contributed by atoms with Crippen LogP contribution in [0.3, 0.4) is 0 Å². The highest BCUT2D eigenvalue weighted by Crippen LogP contribution is 2.36. The van der Waals surface area contributed by atoms with E-state index in [9.17, 15) is 9.59 Å². The highest BCUT2D eigenvalue weighted by Gasteiger charge is 2.31. The summed E-state index contributed by atoms with van der Waals surface area (Å²) in [4.78, 5) is 24.8. The fraction of sp³-hybridized carbons (Fsp3) is 0.278. The average Bonchev–Trinajstić information content (AvgIpc) is 3.21. The number of hydrogen-bond acceptors (Lipinski definition) is 4. The van der Waals surface area contributed by atoms with Crippen molar-refractivity contribution >= 4 is 5.91 Å². The van der Waals surface area contributed by atoms with Gasteiger partial charge in [-0.05, 0) is 30.5 Å². The third-order valence-corrected chi connectivity index (χ3v) is 4.15. The Bertz CT molecular complexity index is 921. The molecule has 1 fully saturated rings. The topological polar surface area (TPSA) is 82.1 Å². The van der Waals surface area contributed by atoms with Crippen LogP contribution in [0.25, 0.3) is 11.6 Å². The van der Waals surface area contributed by atoms with E-state index < -0.39 is 0 Å². The van der Waals surface area contributed by atoms with Crippen LogP contribution >= 0.6 is 0 Å². The molecule has 1 aliphatic rings.